The number of esters is 1. The van der Waals surface area contributed by atoms with Crippen molar-refractivity contribution in [2.75, 3.05) is 12.0 Å². The number of ether oxygens (including phenoxy) is 1. The number of nitriles is 2. The van der Waals surface area contributed by atoms with E-state index in [4.69, 9.17) is 15.3 Å². The van der Waals surface area contributed by atoms with Crippen molar-refractivity contribution in [3.05, 3.63) is 23.8 Å². The Morgan fingerprint density at radius 3 is 2.75 bits per heavy atom. The molecule has 0 aromatic heterocycles. The highest BCUT2D eigenvalue weighted by Crippen LogP contribution is 2.24. The van der Waals surface area contributed by atoms with Crippen LogP contribution in [0.4, 0.5) is 5.69 Å². The Balaban J connectivity index is 2.88. The molecule has 0 aliphatic carbocycles. The number of benzene rings is 1. The molecule has 2 N–H and O–H groups in total. The zero-order valence-corrected chi connectivity index (χ0v) is 10.8. The quantitative estimate of drug-likeness (QED) is 0.361. The van der Waals surface area contributed by atoms with Gasteiger partial charge in [-0.1, -0.05) is 6.07 Å². The molecule has 0 saturated heterocycles. The first-order chi connectivity index (χ1) is 9.60. The summed E-state index contributed by atoms with van der Waals surface area (Å²) in [5.74, 6) is -0.501. The van der Waals surface area contributed by atoms with Crippen molar-refractivity contribution in [2.45, 2.75) is 13.3 Å². The van der Waals surface area contributed by atoms with Crippen LogP contribution < -0.4 is 5.43 Å². The highest BCUT2D eigenvalue weighted by atomic mass is 16.5. The van der Waals surface area contributed by atoms with Gasteiger partial charge in [0.25, 0.3) is 0 Å². The topological polar surface area (TPSA) is 118 Å². The van der Waals surface area contributed by atoms with Gasteiger partial charge in [-0.2, -0.15) is 15.6 Å². The summed E-state index contributed by atoms with van der Waals surface area (Å²) in [6.07, 6.45) is 0.0515. The maximum Gasteiger partial charge on any atom is 0.310 e. The van der Waals surface area contributed by atoms with Crippen molar-refractivity contribution < 1.29 is 14.6 Å². The first kappa shape index (κ1) is 15.0. The molecule has 1 rings (SSSR count). The smallest absolute Gasteiger partial charge is 0.310 e. The van der Waals surface area contributed by atoms with Gasteiger partial charge in [-0.05, 0) is 24.6 Å². The summed E-state index contributed by atoms with van der Waals surface area (Å²) in [4.78, 5) is 11.3. The number of hydrazone groups is 1. The summed E-state index contributed by atoms with van der Waals surface area (Å²) in [5.41, 5.74) is 2.82. The van der Waals surface area contributed by atoms with Gasteiger partial charge >= 0.3 is 5.97 Å². The van der Waals surface area contributed by atoms with E-state index in [2.05, 4.69) is 10.5 Å². The number of rotatable bonds is 5. The molecule has 7 heteroatoms. The second kappa shape index (κ2) is 7.39. The summed E-state index contributed by atoms with van der Waals surface area (Å²) >= 11 is 0. The van der Waals surface area contributed by atoms with Crippen molar-refractivity contribution in [3.63, 3.8) is 0 Å². The van der Waals surface area contributed by atoms with Crippen LogP contribution >= 0.6 is 0 Å². The van der Waals surface area contributed by atoms with Crippen LogP contribution in [0.3, 0.4) is 0 Å². The van der Waals surface area contributed by atoms with E-state index < -0.39 is 0 Å². The highest BCUT2D eigenvalue weighted by molar-refractivity contribution is 6.10. The lowest BCUT2D eigenvalue weighted by atomic mass is 10.1. The van der Waals surface area contributed by atoms with Gasteiger partial charge in [0.05, 0.1) is 18.7 Å². The third-order valence-corrected chi connectivity index (χ3v) is 2.21. The number of carbonyl (C=O) groups excluding carboxylic acids is 1. The third kappa shape index (κ3) is 4.31. The Bertz CT molecular complexity index is 595. The van der Waals surface area contributed by atoms with Crippen molar-refractivity contribution >= 4 is 17.4 Å². The number of phenolic OH excluding ortho intramolecular Hbond substituents is 1. The Morgan fingerprint density at radius 2 is 2.15 bits per heavy atom. The van der Waals surface area contributed by atoms with Crippen LogP contribution in [-0.2, 0) is 16.0 Å². The summed E-state index contributed by atoms with van der Waals surface area (Å²) in [6.45, 7) is 2.00. The van der Waals surface area contributed by atoms with E-state index >= 15 is 0 Å². The van der Waals surface area contributed by atoms with Crippen LogP contribution in [0.15, 0.2) is 23.3 Å². The predicted molar refractivity (Wildman–Crippen MR) is 70.7 cm³/mol. The van der Waals surface area contributed by atoms with Gasteiger partial charge in [-0.15, -0.1) is 0 Å². The van der Waals surface area contributed by atoms with Gasteiger partial charge in [0.2, 0.25) is 5.71 Å². The molecule has 0 fully saturated rings. The highest BCUT2D eigenvalue weighted by Gasteiger charge is 2.07. The normalized spacial score (nSPS) is 8.95. The second-order valence-corrected chi connectivity index (χ2v) is 3.63. The van der Waals surface area contributed by atoms with Gasteiger partial charge in [0, 0.05) is 0 Å². The molecule has 7 nitrogen and oxygen atoms in total. The predicted octanol–water partition coefficient (Wildman–Crippen LogP) is 1.31. The Labute approximate surface area is 115 Å². The van der Waals surface area contributed by atoms with Crippen LogP contribution in [0, 0.1) is 22.7 Å². The van der Waals surface area contributed by atoms with E-state index in [1.807, 2.05) is 0 Å². The molecule has 0 atom stereocenters. The van der Waals surface area contributed by atoms with Crippen LogP contribution in [0.1, 0.15) is 12.5 Å². The number of nitrogens with one attached hydrogen (secondary N) is 1. The number of nitrogens with zero attached hydrogens (tertiary/aromatic N) is 3. The fourth-order valence-electron chi connectivity index (χ4n) is 1.35. The Morgan fingerprint density at radius 1 is 1.45 bits per heavy atom. The fourth-order valence-corrected chi connectivity index (χ4v) is 1.35. The molecular weight excluding hydrogens is 260 g/mol. The summed E-state index contributed by atoms with van der Waals surface area (Å²) in [6, 6.07) is 7.59. The minimum absolute atomic E-state index is 0.0515. The minimum Gasteiger partial charge on any atom is -0.506 e. The van der Waals surface area contributed by atoms with Gasteiger partial charge in [-0.3, -0.25) is 10.2 Å². The maximum atomic E-state index is 11.3. The number of aromatic hydroxyl groups is 1. The number of hydrogen-bond acceptors (Lipinski definition) is 7. The third-order valence-electron chi connectivity index (χ3n) is 2.21. The molecule has 0 aliphatic heterocycles. The van der Waals surface area contributed by atoms with E-state index in [9.17, 15) is 9.90 Å². The van der Waals surface area contributed by atoms with E-state index in [1.54, 1.807) is 25.1 Å². The van der Waals surface area contributed by atoms with Crippen molar-refractivity contribution in [2.24, 2.45) is 5.10 Å². The molecule has 20 heavy (non-hydrogen) atoms. The standard InChI is InChI=1S/C13H12N4O3/c1-2-20-13(19)6-9-3-4-12(18)11(5-9)17-16-10(7-14)8-15/h3-5,17-18H,2,6H2,1H3. The van der Waals surface area contributed by atoms with Crippen molar-refractivity contribution in [1.82, 2.24) is 0 Å². The lowest BCUT2D eigenvalue weighted by Crippen LogP contribution is -2.07. The minimum atomic E-state index is -0.387. The van der Waals surface area contributed by atoms with E-state index in [-0.39, 0.29) is 29.5 Å². The van der Waals surface area contributed by atoms with E-state index in [0.29, 0.717) is 12.2 Å². The fraction of sp³-hybridized carbons (Fsp3) is 0.231. The molecule has 0 bridgehead atoms. The Kier molecular flexibility index (Phi) is 5.54. The number of hydrogen-bond donors (Lipinski definition) is 2. The summed E-state index contributed by atoms with van der Waals surface area (Å²) < 4.78 is 4.81. The zero-order valence-electron chi connectivity index (χ0n) is 10.8. The zero-order chi connectivity index (χ0) is 15.0. The SMILES string of the molecule is CCOC(=O)Cc1ccc(O)c(NN=C(C#N)C#N)c1. The number of phenols is 1. The van der Waals surface area contributed by atoms with Gasteiger partial charge in [0.1, 0.15) is 17.9 Å². The van der Waals surface area contributed by atoms with E-state index in [0.717, 1.165) is 0 Å². The van der Waals surface area contributed by atoms with Crippen LogP contribution in [0.25, 0.3) is 0 Å². The second-order valence-electron chi connectivity index (χ2n) is 3.63. The average molecular weight is 272 g/mol. The molecule has 0 unspecified atom stereocenters. The van der Waals surface area contributed by atoms with Gasteiger partial charge in [-0.25, -0.2) is 0 Å². The van der Waals surface area contributed by atoms with Crippen molar-refractivity contribution in [3.8, 4) is 17.9 Å². The lowest BCUT2D eigenvalue weighted by molar-refractivity contribution is -0.142. The first-order valence-corrected chi connectivity index (χ1v) is 5.72. The van der Waals surface area contributed by atoms with Crippen LogP contribution in [0.5, 0.6) is 5.75 Å². The average Bonchev–Trinajstić information content (AvgIpc) is 2.43. The van der Waals surface area contributed by atoms with Crippen LogP contribution in [-0.4, -0.2) is 23.4 Å². The molecule has 0 radical (unpaired) electrons. The monoisotopic (exact) mass is 272 g/mol. The largest absolute Gasteiger partial charge is 0.506 e. The molecule has 0 heterocycles. The molecule has 0 amide bonds. The number of carbonyl (C=O) groups is 1. The molecular formula is C13H12N4O3. The molecule has 1 aromatic rings. The Hall–Kier alpha value is -3.06. The molecule has 0 spiro atoms. The number of anilines is 1. The van der Waals surface area contributed by atoms with Crippen molar-refractivity contribution in [1.29, 1.82) is 10.5 Å². The maximum absolute atomic E-state index is 11.3. The molecule has 102 valence electrons. The molecule has 1 aromatic carbocycles. The summed E-state index contributed by atoms with van der Waals surface area (Å²) in [7, 11) is 0. The molecule has 0 saturated carbocycles. The van der Waals surface area contributed by atoms with Crippen LogP contribution in [0.2, 0.25) is 0 Å². The van der Waals surface area contributed by atoms with Gasteiger partial charge < -0.3 is 9.84 Å². The molecule has 0 aliphatic rings. The van der Waals surface area contributed by atoms with Gasteiger partial charge in [0.15, 0.2) is 0 Å². The first-order valence-electron chi connectivity index (χ1n) is 5.72. The lowest BCUT2D eigenvalue weighted by Gasteiger charge is -2.07. The van der Waals surface area contributed by atoms with E-state index in [1.165, 1.54) is 12.1 Å². The summed E-state index contributed by atoms with van der Waals surface area (Å²) in [5, 5.41) is 30.2.